The molecule has 0 heterocycles. The summed E-state index contributed by atoms with van der Waals surface area (Å²) in [4.78, 5) is 0. The van der Waals surface area contributed by atoms with Crippen molar-refractivity contribution in [1.82, 2.24) is 0 Å². The minimum absolute atomic E-state index is 0.214. The molecule has 0 fully saturated rings. The van der Waals surface area contributed by atoms with Crippen LogP contribution in [0.5, 0.6) is 5.75 Å². The van der Waals surface area contributed by atoms with Crippen molar-refractivity contribution in [1.29, 1.82) is 0 Å². The number of aryl methyl sites for hydroxylation is 1. The zero-order chi connectivity index (χ0) is 14.0. The lowest BCUT2D eigenvalue weighted by Gasteiger charge is -2.14. The summed E-state index contributed by atoms with van der Waals surface area (Å²) in [5, 5.41) is 10.5. The highest BCUT2D eigenvalue weighted by atomic mass is 35.5. The fraction of sp³-hybridized carbons (Fsp3) is 0.200. The van der Waals surface area contributed by atoms with E-state index in [1.54, 1.807) is 44.4 Å². The van der Waals surface area contributed by atoms with Crippen molar-refractivity contribution in [3.63, 3.8) is 0 Å². The predicted octanol–water partition coefficient (Wildman–Crippen LogP) is 3.88. The Bertz CT molecular complexity index is 581. The highest BCUT2D eigenvalue weighted by Crippen LogP contribution is 2.31. The van der Waals surface area contributed by atoms with Gasteiger partial charge in [0.25, 0.3) is 0 Å². The Morgan fingerprint density at radius 2 is 1.84 bits per heavy atom. The minimum Gasteiger partial charge on any atom is -0.497 e. The van der Waals surface area contributed by atoms with Gasteiger partial charge in [-0.25, -0.2) is 4.39 Å². The molecule has 0 aliphatic rings. The van der Waals surface area contributed by atoms with Crippen molar-refractivity contribution in [2.45, 2.75) is 13.0 Å². The third-order valence-corrected chi connectivity index (χ3v) is 3.33. The van der Waals surface area contributed by atoms with Gasteiger partial charge in [0, 0.05) is 10.6 Å². The van der Waals surface area contributed by atoms with E-state index in [2.05, 4.69) is 0 Å². The number of aliphatic hydroxyl groups excluding tert-OH is 1. The largest absolute Gasteiger partial charge is 0.497 e. The van der Waals surface area contributed by atoms with E-state index in [-0.39, 0.29) is 10.8 Å². The Hall–Kier alpha value is -1.58. The van der Waals surface area contributed by atoms with Crippen LogP contribution in [0.3, 0.4) is 0 Å². The molecule has 0 aliphatic carbocycles. The van der Waals surface area contributed by atoms with E-state index in [9.17, 15) is 9.50 Å². The third-order valence-electron chi connectivity index (χ3n) is 3.00. The van der Waals surface area contributed by atoms with Gasteiger partial charge in [0.1, 0.15) is 17.7 Å². The van der Waals surface area contributed by atoms with Crippen LogP contribution in [0.15, 0.2) is 36.4 Å². The van der Waals surface area contributed by atoms with Crippen LogP contribution >= 0.6 is 11.6 Å². The lowest BCUT2D eigenvalue weighted by Crippen LogP contribution is -2.02. The molecule has 4 heteroatoms. The molecule has 1 unspecified atom stereocenters. The second-order valence-electron chi connectivity index (χ2n) is 4.30. The lowest BCUT2D eigenvalue weighted by molar-refractivity contribution is 0.220. The van der Waals surface area contributed by atoms with E-state index < -0.39 is 6.10 Å². The van der Waals surface area contributed by atoms with E-state index in [4.69, 9.17) is 16.3 Å². The molecule has 0 spiro atoms. The fourth-order valence-corrected chi connectivity index (χ4v) is 2.11. The standard InChI is InChI=1S/C15H14ClFO2/c1-9-7-12(13(16)8-14(9)17)15(18)10-3-5-11(19-2)6-4-10/h3-8,15,18H,1-2H3. The first-order valence-corrected chi connectivity index (χ1v) is 6.18. The normalized spacial score (nSPS) is 12.3. The van der Waals surface area contributed by atoms with Crippen LogP contribution in [0.2, 0.25) is 5.02 Å². The van der Waals surface area contributed by atoms with E-state index in [0.717, 1.165) is 0 Å². The molecule has 0 bridgehead atoms. The molecule has 0 saturated carbocycles. The first kappa shape index (κ1) is 13.8. The Labute approximate surface area is 116 Å². The van der Waals surface area contributed by atoms with Crippen molar-refractivity contribution in [3.05, 3.63) is 63.9 Å². The molecule has 2 aromatic carbocycles. The number of ether oxygens (including phenoxy) is 1. The summed E-state index contributed by atoms with van der Waals surface area (Å²) in [6, 6.07) is 9.79. The summed E-state index contributed by atoms with van der Waals surface area (Å²) < 4.78 is 18.4. The molecule has 0 radical (unpaired) electrons. The number of halogens is 2. The van der Waals surface area contributed by atoms with Gasteiger partial charge in [-0.3, -0.25) is 0 Å². The van der Waals surface area contributed by atoms with Gasteiger partial charge in [0.2, 0.25) is 0 Å². The van der Waals surface area contributed by atoms with E-state index >= 15 is 0 Å². The van der Waals surface area contributed by atoms with Gasteiger partial charge < -0.3 is 9.84 Å². The van der Waals surface area contributed by atoms with Gasteiger partial charge in [-0.2, -0.15) is 0 Å². The second kappa shape index (κ2) is 5.59. The number of aliphatic hydroxyl groups is 1. The molecule has 100 valence electrons. The minimum atomic E-state index is -0.891. The lowest BCUT2D eigenvalue weighted by atomic mass is 9.99. The first-order valence-electron chi connectivity index (χ1n) is 5.80. The highest BCUT2D eigenvalue weighted by Gasteiger charge is 2.16. The number of hydrogen-bond acceptors (Lipinski definition) is 2. The zero-order valence-electron chi connectivity index (χ0n) is 10.7. The summed E-state index contributed by atoms with van der Waals surface area (Å²) in [5.41, 5.74) is 1.62. The molecule has 19 heavy (non-hydrogen) atoms. The van der Waals surface area contributed by atoms with E-state index in [0.29, 0.717) is 22.4 Å². The Morgan fingerprint density at radius 1 is 1.21 bits per heavy atom. The van der Waals surface area contributed by atoms with Gasteiger partial charge in [-0.1, -0.05) is 23.7 Å². The number of rotatable bonds is 3. The zero-order valence-corrected chi connectivity index (χ0v) is 11.4. The molecule has 1 atom stereocenters. The quantitative estimate of drug-likeness (QED) is 0.924. The van der Waals surface area contributed by atoms with Crippen molar-refractivity contribution in [3.8, 4) is 5.75 Å². The average Bonchev–Trinajstić information content (AvgIpc) is 2.42. The summed E-state index contributed by atoms with van der Waals surface area (Å²) >= 11 is 5.98. The maximum absolute atomic E-state index is 13.3. The van der Waals surface area contributed by atoms with Gasteiger partial charge in [-0.15, -0.1) is 0 Å². The van der Waals surface area contributed by atoms with Gasteiger partial charge in [-0.05, 0) is 42.3 Å². The summed E-state index contributed by atoms with van der Waals surface area (Å²) in [6.07, 6.45) is -0.891. The predicted molar refractivity (Wildman–Crippen MR) is 73.2 cm³/mol. The van der Waals surface area contributed by atoms with Crippen LogP contribution in [0.1, 0.15) is 22.8 Å². The van der Waals surface area contributed by atoms with Crippen molar-refractivity contribution in [2.75, 3.05) is 7.11 Å². The van der Waals surface area contributed by atoms with E-state index in [1.165, 1.54) is 6.07 Å². The van der Waals surface area contributed by atoms with Crippen molar-refractivity contribution < 1.29 is 14.2 Å². The highest BCUT2D eigenvalue weighted by molar-refractivity contribution is 6.31. The first-order chi connectivity index (χ1) is 9.02. The van der Waals surface area contributed by atoms with E-state index in [1.807, 2.05) is 0 Å². The Morgan fingerprint density at radius 3 is 2.42 bits per heavy atom. The molecule has 2 rings (SSSR count). The molecule has 0 saturated heterocycles. The third kappa shape index (κ3) is 2.88. The molecule has 0 aliphatic heterocycles. The van der Waals surface area contributed by atoms with Gasteiger partial charge in [0.15, 0.2) is 0 Å². The van der Waals surface area contributed by atoms with Gasteiger partial charge >= 0.3 is 0 Å². The van der Waals surface area contributed by atoms with Crippen LogP contribution in [-0.4, -0.2) is 12.2 Å². The average molecular weight is 281 g/mol. The van der Waals surface area contributed by atoms with Crippen molar-refractivity contribution >= 4 is 11.6 Å². The van der Waals surface area contributed by atoms with Crippen LogP contribution < -0.4 is 4.74 Å². The summed E-state index contributed by atoms with van der Waals surface area (Å²) in [5.74, 6) is 0.327. The molecule has 0 aromatic heterocycles. The fourth-order valence-electron chi connectivity index (χ4n) is 1.85. The van der Waals surface area contributed by atoms with Crippen LogP contribution in [0, 0.1) is 12.7 Å². The number of benzene rings is 2. The smallest absolute Gasteiger partial charge is 0.127 e. The second-order valence-corrected chi connectivity index (χ2v) is 4.71. The Balaban J connectivity index is 2.37. The molecule has 0 amide bonds. The SMILES string of the molecule is COc1ccc(C(O)c2cc(C)c(F)cc2Cl)cc1. The molecule has 2 nitrogen and oxygen atoms in total. The number of methoxy groups -OCH3 is 1. The van der Waals surface area contributed by atoms with Crippen LogP contribution in [0.25, 0.3) is 0 Å². The molecular weight excluding hydrogens is 267 g/mol. The molecule has 1 N–H and O–H groups in total. The Kier molecular flexibility index (Phi) is 4.08. The maximum Gasteiger partial charge on any atom is 0.127 e. The maximum atomic E-state index is 13.3. The van der Waals surface area contributed by atoms with Crippen LogP contribution in [0.4, 0.5) is 4.39 Å². The van der Waals surface area contributed by atoms with Crippen LogP contribution in [-0.2, 0) is 0 Å². The summed E-state index contributed by atoms with van der Waals surface area (Å²) in [7, 11) is 1.58. The topological polar surface area (TPSA) is 29.5 Å². The monoisotopic (exact) mass is 280 g/mol. The van der Waals surface area contributed by atoms with Crippen molar-refractivity contribution in [2.24, 2.45) is 0 Å². The number of hydrogen-bond donors (Lipinski definition) is 1. The van der Waals surface area contributed by atoms with Gasteiger partial charge in [0.05, 0.1) is 7.11 Å². The molecule has 2 aromatic rings. The summed E-state index contributed by atoms with van der Waals surface area (Å²) in [6.45, 7) is 1.63. The molecular formula is C15H14ClFO2.